The molecule has 0 atom stereocenters. The lowest BCUT2D eigenvalue weighted by Crippen LogP contribution is -2.46. The summed E-state index contributed by atoms with van der Waals surface area (Å²) in [6.45, 7) is 0.849. The van der Waals surface area contributed by atoms with Gasteiger partial charge in [0.2, 0.25) is 10.0 Å². The van der Waals surface area contributed by atoms with Gasteiger partial charge in [-0.05, 0) is 49.2 Å². The zero-order valence-corrected chi connectivity index (χ0v) is 17.8. The molecular weight excluding hydrogens is 416 g/mol. The highest BCUT2D eigenvalue weighted by Gasteiger charge is 2.29. The Morgan fingerprint density at radius 3 is 2.10 bits per heavy atom. The summed E-state index contributed by atoms with van der Waals surface area (Å²) in [4.78, 5) is 14.9. The van der Waals surface area contributed by atoms with Gasteiger partial charge in [-0.3, -0.25) is 4.79 Å². The molecule has 0 bridgehead atoms. The maximum atomic E-state index is 13.0. The summed E-state index contributed by atoms with van der Waals surface area (Å²) in [5, 5.41) is 0.475. The molecule has 1 aliphatic heterocycles. The van der Waals surface area contributed by atoms with Crippen LogP contribution >= 0.6 is 11.6 Å². The number of carbonyl (C=O) groups is 1. The van der Waals surface area contributed by atoms with Crippen molar-refractivity contribution in [1.29, 1.82) is 0 Å². The molecule has 2 aromatic carbocycles. The smallest absolute Gasteiger partial charge is 0.261 e. The van der Waals surface area contributed by atoms with Gasteiger partial charge in [-0.15, -0.1) is 0 Å². The number of hydrogen-bond donors (Lipinski definition) is 1. The summed E-state index contributed by atoms with van der Waals surface area (Å²) in [7, 11) is -0.633. The number of carbonyl (C=O) groups excluding carboxylic acids is 1. The van der Waals surface area contributed by atoms with Gasteiger partial charge in [0.25, 0.3) is 5.91 Å². The van der Waals surface area contributed by atoms with Crippen LogP contribution in [-0.2, 0) is 10.0 Å². The minimum Gasteiger partial charge on any atom is -0.496 e. The summed E-state index contributed by atoms with van der Waals surface area (Å²) in [5.41, 5.74) is 0.373. The number of piperidine rings is 1. The van der Waals surface area contributed by atoms with E-state index >= 15 is 0 Å². The van der Waals surface area contributed by atoms with Gasteiger partial charge in [-0.2, -0.15) is 0 Å². The second-order valence-electron chi connectivity index (χ2n) is 6.68. The van der Waals surface area contributed by atoms with Crippen LogP contribution in [0.2, 0.25) is 5.02 Å². The molecule has 0 aliphatic carbocycles. The lowest BCUT2D eigenvalue weighted by molar-refractivity contribution is 0.0704. The SMILES string of the molecule is COc1cccc(OC)c1C(=O)N1CCC(NS(=O)(=O)c2ccc(Cl)cc2)CC1. The zero-order valence-electron chi connectivity index (χ0n) is 16.2. The third-order valence-corrected chi connectivity index (χ3v) is 6.66. The van der Waals surface area contributed by atoms with Crippen LogP contribution in [0.15, 0.2) is 47.4 Å². The molecule has 1 heterocycles. The zero-order chi connectivity index (χ0) is 21.0. The molecular formula is C20H23ClN2O5S. The van der Waals surface area contributed by atoms with Crippen molar-refractivity contribution < 1.29 is 22.7 Å². The van der Waals surface area contributed by atoms with Gasteiger partial charge in [0.15, 0.2) is 0 Å². The summed E-state index contributed by atoms with van der Waals surface area (Å²) in [6.07, 6.45) is 1.02. The minimum atomic E-state index is -3.64. The van der Waals surface area contributed by atoms with Gasteiger partial charge >= 0.3 is 0 Å². The van der Waals surface area contributed by atoms with Crippen LogP contribution in [0.25, 0.3) is 0 Å². The van der Waals surface area contributed by atoms with E-state index < -0.39 is 10.0 Å². The summed E-state index contributed by atoms with van der Waals surface area (Å²) >= 11 is 5.82. The van der Waals surface area contributed by atoms with Crippen LogP contribution in [0, 0.1) is 0 Å². The molecule has 0 spiro atoms. The molecule has 1 N–H and O–H groups in total. The van der Waals surface area contributed by atoms with Crippen LogP contribution in [0.3, 0.4) is 0 Å². The van der Waals surface area contributed by atoms with Crippen LogP contribution < -0.4 is 14.2 Å². The average Bonchev–Trinajstić information content (AvgIpc) is 2.73. The molecule has 9 heteroatoms. The minimum absolute atomic E-state index is 0.166. The highest BCUT2D eigenvalue weighted by Crippen LogP contribution is 2.30. The molecule has 7 nitrogen and oxygen atoms in total. The molecule has 0 saturated carbocycles. The van der Waals surface area contributed by atoms with Crippen LogP contribution in [0.4, 0.5) is 0 Å². The first-order valence-corrected chi connectivity index (χ1v) is 11.0. The Balaban J connectivity index is 1.67. The van der Waals surface area contributed by atoms with Crippen LogP contribution in [-0.4, -0.2) is 52.6 Å². The molecule has 156 valence electrons. The van der Waals surface area contributed by atoms with Crippen molar-refractivity contribution >= 4 is 27.5 Å². The first-order chi connectivity index (χ1) is 13.9. The van der Waals surface area contributed by atoms with Crippen LogP contribution in [0.1, 0.15) is 23.2 Å². The van der Waals surface area contributed by atoms with Crippen molar-refractivity contribution in [2.75, 3.05) is 27.3 Å². The maximum Gasteiger partial charge on any atom is 0.261 e. The van der Waals surface area contributed by atoms with E-state index in [-0.39, 0.29) is 16.8 Å². The van der Waals surface area contributed by atoms with Gasteiger partial charge in [0.05, 0.1) is 19.1 Å². The van der Waals surface area contributed by atoms with Gasteiger partial charge in [0.1, 0.15) is 17.1 Å². The fourth-order valence-corrected chi connectivity index (χ4v) is 4.75. The molecule has 1 aliphatic rings. The lowest BCUT2D eigenvalue weighted by atomic mass is 10.0. The van der Waals surface area contributed by atoms with E-state index in [1.807, 2.05) is 0 Å². The van der Waals surface area contributed by atoms with Crippen molar-refractivity contribution in [3.05, 3.63) is 53.1 Å². The number of nitrogens with one attached hydrogen (secondary N) is 1. The van der Waals surface area contributed by atoms with E-state index in [1.165, 1.54) is 38.5 Å². The van der Waals surface area contributed by atoms with E-state index in [4.69, 9.17) is 21.1 Å². The average molecular weight is 439 g/mol. The maximum absolute atomic E-state index is 13.0. The van der Waals surface area contributed by atoms with Gasteiger partial charge < -0.3 is 14.4 Å². The van der Waals surface area contributed by atoms with Crippen molar-refractivity contribution in [2.24, 2.45) is 0 Å². The van der Waals surface area contributed by atoms with E-state index in [9.17, 15) is 13.2 Å². The monoisotopic (exact) mass is 438 g/mol. The Hall–Kier alpha value is -2.29. The number of hydrogen-bond acceptors (Lipinski definition) is 5. The summed E-state index contributed by atoms with van der Waals surface area (Å²) in [5.74, 6) is 0.693. The van der Waals surface area contributed by atoms with Gasteiger partial charge in [0, 0.05) is 24.2 Å². The Kier molecular flexibility index (Phi) is 6.66. The molecule has 1 amide bonds. The number of halogens is 1. The standard InChI is InChI=1S/C20H23ClN2O5S/c1-27-17-4-3-5-18(28-2)19(17)20(24)23-12-10-15(11-13-23)22-29(25,26)16-8-6-14(21)7-9-16/h3-9,15,22H,10-13H2,1-2H3. The fourth-order valence-electron chi connectivity index (χ4n) is 3.32. The Morgan fingerprint density at radius 1 is 1.03 bits per heavy atom. The third-order valence-electron chi connectivity index (χ3n) is 4.87. The van der Waals surface area contributed by atoms with Gasteiger partial charge in [-0.25, -0.2) is 13.1 Å². The molecule has 2 aromatic rings. The largest absolute Gasteiger partial charge is 0.496 e. The number of amides is 1. The van der Waals surface area contributed by atoms with Crippen LogP contribution in [0.5, 0.6) is 11.5 Å². The normalized spacial score (nSPS) is 15.2. The predicted octanol–water partition coefficient (Wildman–Crippen LogP) is 2.94. The van der Waals surface area contributed by atoms with E-state index in [0.717, 1.165) is 0 Å². The van der Waals surface area contributed by atoms with Crippen molar-refractivity contribution in [2.45, 2.75) is 23.8 Å². The van der Waals surface area contributed by atoms with Gasteiger partial charge in [-0.1, -0.05) is 17.7 Å². The Labute approximate surface area is 175 Å². The molecule has 0 radical (unpaired) electrons. The van der Waals surface area contributed by atoms with Crippen molar-refractivity contribution in [3.8, 4) is 11.5 Å². The van der Waals surface area contributed by atoms with E-state index in [0.29, 0.717) is 48.0 Å². The Bertz CT molecular complexity index is 949. The third kappa shape index (κ3) is 4.83. The number of nitrogens with zero attached hydrogens (tertiary/aromatic N) is 1. The number of sulfonamides is 1. The fraction of sp³-hybridized carbons (Fsp3) is 0.350. The first-order valence-electron chi connectivity index (χ1n) is 9.14. The number of likely N-dealkylation sites (tertiary alicyclic amines) is 1. The second kappa shape index (κ2) is 9.02. The second-order valence-corrected chi connectivity index (χ2v) is 8.83. The number of benzene rings is 2. The lowest BCUT2D eigenvalue weighted by Gasteiger charge is -2.32. The summed E-state index contributed by atoms with van der Waals surface area (Å²) < 4.78 is 38.4. The molecule has 3 rings (SSSR count). The Morgan fingerprint density at radius 2 is 1.59 bits per heavy atom. The highest BCUT2D eigenvalue weighted by atomic mass is 35.5. The first kappa shape index (κ1) is 21.4. The predicted molar refractivity (Wildman–Crippen MR) is 110 cm³/mol. The molecule has 29 heavy (non-hydrogen) atoms. The van der Waals surface area contributed by atoms with Crippen molar-refractivity contribution in [3.63, 3.8) is 0 Å². The summed E-state index contributed by atoms with van der Waals surface area (Å²) in [6, 6.07) is 10.9. The number of methoxy groups -OCH3 is 2. The number of rotatable bonds is 6. The topological polar surface area (TPSA) is 84.9 Å². The van der Waals surface area contributed by atoms with Crippen molar-refractivity contribution in [1.82, 2.24) is 9.62 Å². The molecule has 0 aromatic heterocycles. The van der Waals surface area contributed by atoms with E-state index in [2.05, 4.69) is 4.72 Å². The highest BCUT2D eigenvalue weighted by molar-refractivity contribution is 7.89. The molecule has 1 fully saturated rings. The van der Waals surface area contributed by atoms with E-state index in [1.54, 1.807) is 23.1 Å². The number of ether oxygens (including phenoxy) is 2. The molecule has 1 saturated heterocycles. The quantitative estimate of drug-likeness (QED) is 0.749. The molecule has 0 unspecified atom stereocenters.